The van der Waals surface area contributed by atoms with Gasteiger partial charge in [0.1, 0.15) is 0 Å². The smallest absolute Gasteiger partial charge is 0.0556 e. The summed E-state index contributed by atoms with van der Waals surface area (Å²) in [6.45, 7) is 4.99. The first-order chi connectivity index (χ1) is 7.63. The monoisotopic (exact) mass is 239 g/mol. The van der Waals surface area contributed by atoms with Gasteiger partial charge < -0.3 is 10.5 Å². The van der Waals surface area contributed by atoms with Crippen molar-refractivity contribution in [1.82, 2.24) is 0 Å². The molecule has 0 spiro atoms. The van der Waals surface area contributed by atoms with E-state index in [4.69, 9.17) is 10.5 Å². The van der Waals surface area contributed by atoms with E-state index >= 15 is 0 Å². The predicted molar refractivity (Wildman–Crippen MR) is 71.1 cm³/mol. The van der Waals surface area contributed by atoms with Gasteiger partial charge in [-0.1, -0.05) is 12.1 Å². The van der Waals surface area contributed by atoms with E-state index in [9.17, 15) is 0 Å². The van der Waals surface area contributed by atoms with Crippen LogP contribution in [0.15, 0.2) is 23.1 Å². The van der Waals surface area contributed by atoms with Crippen LogP contribution in [0, 0.1) is 6.92 Å². The predicted octanol–water partition coefficient (Wildman–Crippen LogP) is 2.62. The van der Waals surface area contributed by atoms with Gasteiger partial charge in [-0.2, -0.15) is 0 Å². The molecule has 1 rings (SSSR count). The fourth-order valence-corrected chi connectivity index (χ4v) is 2.53. The van der Waals surface area contributed by atoms with Crippen LogP contribution in [0.2, 0.25) is 0 Å². The van der Waals surface area contributed by atoms with Crippen LogP contribution in [-0.4, -0.2) is 25.5 Å². The molecule has 16 heavy (non-hydrogen) atoms. The van der Waals surface area contributed by atoms with Gasteiger partial charge in [-0.15, -0.1) is 11.8 Å². The maximum Gasteiger partial charge on any atom is 0.0556 e. The summed E-state index contributed by atoms with van der Waals surface area (Å²) >= 11 is 1.84. The molecule has 0 amide bonds. The second-order valence-electron chi connectivity index (χ2n) is 4.12. The molecule has 0 fully saturated rings. The minimum atomic E-state index is 0.228. The average molecular weight is 239 g/mol. The minimum absolute atomic E-state index is 0.228. The van der Waals surface area contributed by atoms with Crippen LogP contribution in [0.5, 0.6) is 0 Å². The Bertz CT molecular complexity index is 326. The van der Waals surface area contributed by atoms with Gasteiger partial charge in [0.15, 0.2) is 0 Å². The topological polar surface area (TPSA) is 35.2 Å². The van der Waals surface area contributed by atoms with Crippen molar-refractivity contribution in [2.24, 2.45) is 5.73 Å². The quantitative estimate of drug-likeness (QED) is 0.612. The van der Waals surface area contributed by atoms with Crippen molar-refractivity contribution >= 4 is 11.8 Å². The normalized spacial score (nSPS) is 12.8. The molecule has 0 heterocycles. The molecule has 1 aromatic rings. The van der Waals surface area contributed by atoms with E-state index in [1.807, 2.05) is 18.7 Å². The average Bonchev–Trinajstić information content (AvgIpc) is 2.20. The first-order valence-corrected chi connectivity index (χ1v) is 6.59. The van der Waals surface area contributed by atoms with Gasteiger partial charge in [0.2, 0.25) is 0 Å². The zero-order valence-corrected chi connectivity index (χ0v) is 11.1. The lowest BCUT2D eigenvalue weighted by Gasteiger charge is -2.09. The van der Waals surface area contributed by atoms with Gasteiger partial charge in [-0.3, -0.25) is 0 Å². The fraction of sp³-hybridized carbons (Fsp3) is 0.538. The SMILES string of the molecule is COCCSc1ccc(CC(C)N)cc1C. The Morgan fingerprint density at radius 1 is 1.44 bits per heavy atom. The van der Waals surface area contributed by atoms with Gasteiger partial charge in [-0.05, 0) is 37.5 Å². The third-order valence-electron chi connectivity index (χ3n) is 2.34. The lowest BCUT2D eigenvalue weighted by Crippen LogP contribution is -2.17. The maximum atomic E-state index is 5.79. The first kappa shape index (κ1) is 13.6. The fourth-order valence-electron chi connectivity index (χ4n) is 1.61. The Kier molecular flexibility index (Phi) is 5.88. The van der Waals surface area contributed by atoms with Crippen LogP contribution < -0.4 is 5.73 Å². The van der Waals surface area contributed by atoms with Gasteiger partial charge in [0.05, 0.1) is 6.61 Å². The van der Waals surface area contributed by atoms with E-state index in [2.05, 4.69) is 25.1 Å². The van der Waals surface area contributed by atoms with Crippen molar-refractivity contribution in [2.45, 2.75) is 31.2 Å². The number of aryl methyl sites for hydroxylation is 1. The van der Waals surface area contributed by atoms with E-state index in [0.29, 0.717) is 0 Å². The van der Waals surface area contributed by atoms with E-state index < -0.39 is 0 Å². The molecule has 0 saturated carbocycles. The van der Waals surface area contributed by atoms with Crippen LogP contribution in [0.4, 0.5) is 0 Å². The highest BCUT2D eigenvalue weighted by Gasteiger charge is 2.02. The number of thioether (sulfide) groups is 1. The summed E-state index contributed by atoms with van der Waals surface area (Å²) < 4.78 is 5.04. The molecule has 2 nitrogen and oxygen atoms in total. The number of hydrogen-bond acceptors (Lipinski definition) is 3. The van der Waals surface area contributed by atoms with Crippen LogP contribution in [-0.2, 0) is 11.2 Å². The van der Waals surface area contributed by atoms with Crippen LogP contribution in [0.25, 0.3) is 0 Å². The third kappa shape index (κ3) is 4.56. The number of benzene rings is 1. The summed E-state index contributed by atoms with van der Waals surface area (Å²) in [6, 6.07) is 6.82. The second kappa shape index (κ2) is 6.94. The van der Waals surface area contributed by atoms with Gasteiger partial charge in [0.25, 0.3) is 0 Å². The largest absolute Gasteiger partial charge is 0.384 e. The standard InChI is InChI=1S/C13H21NOS/c1-10-8-12(9-11(2)14)4-5-13(10)16-7-6-15-3/h4-5,8,11H,6-7,9,14H2,1-3H3. The molecule has 0 radical (unpaired) electrons. The Morgan fingerprint density at radius 2 is 2.19 bits per heavy atom. The molecule has 2 N–H and O–H groups in total. The zero-order chi connectivity index (χ0) is 12.0. The van der Waals surface area contributed by atoms with Crippen molar-refractivity contribution in [1.29, 1.82) is 0 Å². The minimum Gasteiger partial charge on any atom is -0.384 e. The Morgan fingerprint density at radius 3 is 2.75 bits per heavy atom. The number of ether oxygens (including phenoxy) is 1. The molecule has 0 saturated heterocycles. The van der Waals surface area contributed by atoms with Gasteiger partial charge in [-0.25, -0.2) is 0 Å². The van der Waals surface area contributed by atoms with Crippen LogP contribution in [0.1, 0.15) is 18.1 Å². The molecule has 0 aromatic heterocycles. The lowest BCUT2D eigenvalue weighted by molar-refractivity contribution is 0.218. The van der Waals surface area contributed by atoms with Crippen LogP contribution in [0.3, 0.4) is 0 Å². The summed E-state index contributed by atoms with van der Waals surface area (Å²) in [6.07, 6.45) is 0.948. The molecule has 0 aliphatic carbocycles. The third-order valence-corrected chi connectivity index (χ3v) is 3.48. The van der Waals surface area contributed by atoms with Crippen LogP contribution >= 0.6 is 11.8 Å². The second-order valence-corrected chi connectivity index (χ2v) is 5.26. The number of methoxy groups -OCH3 is 1. The highest BCUT2D eigenvalue weighted by molar-refractivity contribution is 7.99. The van der Waals surface area contributed by atoms with Gasteiger partial charge in [0, 0.05) is 23.8 Å². The van der Waals surface area contributed by atoms with E-state index in [-0.39, 0.29) is 6.04 Å². The van der Waals surface area contributed by atoms with Crippen molar-refractivity contribution in [3.63, 3.8) is 0 Å². The molecule has 3 heteroatoms. The highest BCUT2D eigenvalue weighted by Crippen LogP contribution is 2.23. The molecule has 90 valence electrons. The Balaban J connectivity index is 2.60. The molecule has 1 aromatic carbocycles. The van der Waals surface area contributed by atoms with Gasteiger partial charge >= 0.3 is 0 Å². The number of nitrogens with two attached hydrogens (primary N) is 1. The maximum absolute atomic E-state index is 5.79. The first-order valence-electron chi connectivity index (χ1n) is 5.60. The molecule has 1 atom stereocenters. The molecule has 0 aliphatic rings. The highest BCUT2D eigenvalue weighted by atomic mass is 32.2. The molecule has 0 bridgehead atoms. The molecular weight excluding hydrogens is 218 g/mol. The van der Waals surface area contributed by atoms with Crippen molar-refractivity contribution in [2.75, 3.05) is 19.5 Å². The van der Waals surface area contributed by atoms with E-state index in [1.165, 1.54) is 16.0 Å². The number of rotatable bonds is 6. The zero-order valence-electron chi connectivity index (χ0n) is 10.3. The summed E-state index contributed by atoms with van der Waals surface area (Å²) in [7, 11) is 1.74. The van der Waals surface area contributed by atoms with Crippen molar-refractivity contribution in [3.8, 4) is 0 Å². The number of hydrogen-bond donors (Lipinski definition) is 1. The summed E-state index contributed by atoms with van der Waals surface area (Å²) in [4.78, 5) is 1.34. The van der Waals surface area contributed by atoms with Crippen molar-refractivity contribution in [3.05, 3.63) is 29.3 Å². The molecule has 0 aliphatic heterocycles. The van der Waals surface area contributed by atoms with E-state index in [0.717, 1.165) is 18.8 Å². The Labute approximate surface area is 103 Å². The van der Waals surface area contributed by atoms with Crippen molar-refractivity contribution < 1.29 is 4.74 Å². The lowest BCUT2D eigenvalue weighted by atomic mass is 10.1. The van der Waals surface area contributed by atoms with E-state index in [1.54, 1.807) is 7.11 Å². The molecule has 1 unspecified atom stereocenters. The summed E-state index contributed by atoms with van der Waals surface area (Å²) in [5.41, 5.74) is 8.44. The summed E-state index contributed by atoms with van der Waals surface area (Å²) in [5.74, 6) is 1.00. The molecular formula is C13H21NOS. The Hall–Kier alpha value is -0.510. The summed E-state index contributed by atoms with van der Waals surface area (Å²) in [5, 5.41) is 0.